The summed E-state index contributed by atoms with van der Waals surface area (Å²) in [5, 5.41) is 3.03. The van der Waals surface area contributed by atoms with Crippen molar-refractivity contribution >= 4 is 19.7 Å². The number of quaternary nitrogens is 1. The molecule has 0 saturated carbocycles. The minimum Gasteiger partial charge on any atom is -0.456 e. The van der Waals surface area contributed by atoms with E-state index in [1.54, 1.807) is 0 Å². The van der Waals surface area contributed by atoms with Crippen LogP contribution >= 0.6 is 7.82 Å². The smallest absolute Gasteiger partial charge is 0.456 e. The molecular weight excluding hydrogens is 880 g/mol. The van der Waals surface area contributed by atoms with Gasteiger partial charge in [-0.2, -0.15) is 0 Å². The summed E-state index contributed by atoms with van der Waals surface area (Å²) in [7, 11) is 1.46. The van der Waals surface area contributed by atoms with E-state index >= 15 is 0 Å². The molecule has 69 heavy (non-hydrogen) atoms. The highest BCUT2D eigenvalue weighted by atomic mass is 31.2. The van der Waals surface area contributed by atoms with E-state index in [9.17, 15) is 19.0 Å². The van der Waals surface area contributed by atoms with Crippen LogP contribution in [0.5, 0.6) is 0 Å². The molecule has 0 bridgehead atoms. The number of carbonyl (C=O) groups is 2. The lowest BCUT2D eigenvalue weighted by molar-refractivity contribution is -0.870. The number of hydrogen-bond acceptors (Lipinski definition) is 6. The number of esters is 1. The van der Waals surface area contributed by atoms with Gasteiger partial charge in [-0.25, -0.2) is 4.57 Å². The van der Waals surface area contributed by atoms with Crippen LogP contribution in [0.25, 0.3) is 0 Å². The first kappa shape index (κ1) is 66.2. The molecule has 0 aliphatic rings. The number of allylic oxidation sites excluding steroid dienone is 13. The molecule has 0 aliphatic heterocycles. The van der Waals surface area contributed by atoms with Crippen molar-refractivity contribution < 1.29 is 37.3 Å². The van der Waals surface area contributed by atoms with Crippen molar-refractivity contribution in [1.82, 2.24) is 5.32 Å². The molecule has 2 N–H and O–H groups in total. The van der Waals surface area contributed by atoms with Crippen LogP contribution in [0.3, 0.4) is 0 Å². The van der Waals surface area contributed by atoms with Gasteiger partial charge in [-0.15, -0.1) is 0 Å². The fourth-order valence-corrected chi connectivity index (χ4v) is 8.21. The molecule has 398 valence electrons. The van der Waals surface area contributed by atoms with Gasteiger partial charge in [0.2, 0.25) is 5.91 Å². The molecule has 0 spiro atoms. The third kappa shape index (κ3) is 49.9. The number of carbonyl (C=O) groups excluding carboxylic acids is 2. The highest BCUT2D eigenvalue weighted by Crippen LogP contribution is 2.43. The zero-order valence-corrected chi connectivity index (χ0v) is 46.2. The SMILES string of the molecule is CC/C=C\C/C=C\C/C=C\C/C=C\C/C=C\CCCCCCCC(=O)NC(COP(=O)(O)OCC[N+](C)(C)C)C(/C=C\CCCCCCCCCCC)OC(=O)CCCCCCC/C=C\CCCC. The number of ether oxygens (including phenoxy) is 1. The maximum atomic E-state index is 13.5. The third-order valence-corrected chi connectivity index (χ3v) is 12.8. The predicted octanol–water partition coefficient (Wildman–Crippen LogP) is 16.7. The van der Waals surface area contributed by atoms with Gasteiger partial charge in [0.1, 0.15) is 19.3 Å². The summed E-state index contributed by atoms with van der Waals surface area (Å²) in [6.45, 7) is 6.81. The minimum atomic E-state index is -4.45. The van der Waals surface area contributed by atoms with E-state index in [2.05, 4.69) is 99.0 Å². The lowest BCUT2D eigenvalue weighted by Gasteiger charge is -2.27. The molecule has 0 rings (SSSR count). The van der Waals surface area contributed by atoms with E-state index in [-0.39, 0.29) is 31.5 Å². The average molecular weight is 986 g/mol. The Labute approximate surface area is 425 Å². The number of amides is 1. The van der Waals surface area contributed by atoms with Crippen molar-refractivity contribution in [2.24, 2.45) is 0 Å². The van der Waals surface area contributed by atoms with Gasteiger partial charge >= 0.3 is 13.8 Å². The molecule has 0 aromatic rings. The molecule has 0 heterocycles. The molecule has 0 fully saturated rings. The second kappa shape index (κ2) is 48.8. The zero-order valence-electron chi connectivity index (χ0n) is 45.3. The molecule has 0 aromatic carbocycles. The third-order valence-electron chi connectivity index (χ3n) is 11.8. The number of phosphoric ester groups is 1. The first-order chi connectivity index (χ1) is 33.4. The van der Waals surface area contributed by atoms with Gasteiger partial charge in [0.05, 0.1) is 33.8 Å². The Balaban J connectivity index is 5.31. The number of rotatable bonds is 49. The standard InChI is InChI=1S/C59H105N2O7P/c1-7-10-13-16-19-22-25-26-27-28-29-30-31-32-33-34-37-39-42-45-48-51-58(62)60-56(55-67-69(64,65)66-54-53-61(4,5)6)57(50-47-44-41-38-35-23-20-17-14-11-8-2)68-59(63)52-49-46-43-40-36-24-21-18-15-12-9-3/h10,13,18-19,21-22,26-27,29-30,32-33,47,50,56-57H,7-9,11-12,14-17,20,23-25,28,31,34-46,48-49,51-55H2,1-6H3,(H-,60,62,64,65)/p+1/b13-10-,21-18-,22-19-,27-26-,30-29-,33-32-,50-47-. The monoisotopic (exact) mass is 986 g/mol. The summed E-state index contributed by atoms with van der Waals surface area (Å²) in [6, 6.07) is -0.864. The predicted molar refractivity (Wildman–Crippen MR) is 295 cm³/mol. The normalized spacial score (nSPS) is 14.5. The molecule has 0 radical (unpaired) electrons. The van der Waals surface area contributed by atoms with Crippen LogP contribution in [0.2, 0.25) is 0 Å². The Morgan fingerprint density at radius 2 is 0.942 bits per heavy atom. The van der Waals surface area contributed by atoms with Gasteiger partial charge in [-0.05, 0) is 96.0 Å². The molecular formula is C59H106N2O7P+. The summed E-state index contributed by atoms with van der Waals surface area (Å²) in [5.74, 6) is -0.545. The Bertz CT molecular complexity index is 1460. The zero-order chi connectivity index (χ0) is 50.8. The average Bonchev–Trinajstić information content (AvgIpc) is 3.31. The fourth-order valence-electron chi connectivity index (χ4n) is 7.48. The lowest BCUT2D eigenvalue weighted by Crippen LogP contribution is -2.47. The second-order valence-corrected chi connectivity index (χ2v) is 21.2. The van der Waals surface area contributed by atoms with Gasteiger partial charge in [0.15, 0.2) is 0 Å². The summed E-state index contributed by atoms with van der Waals surface area (Å²) in [6.07, 6.45) is 62.9. The molecule has 3 atom stereocenters. The number of nitrogens with zero attached hydrogens (tertiary/aromatic N) is 1. The summed E-state index contributed by atoms with van der Waals surface area (Å²) >= 11 is 0. The molecule has 0 aromatic heterocycles. The lowest BCUT2D eigenvalue weighted by atomic mass is 10.1. The molecule has 10 heteroatoms. The van der Waals surface area contributed by atoms with Crippen LogP contribution in [0.1, 0.15) is 226 Å². The van der Waals surface area contributed by atoms with E-state index in [1.165, 1.54) is 57.8 Å². The fraction of sp³-hybridized carbons (Fsp3) is 0.729. The first-order valence-electron chi connectivity index (χ1n) is 27.9. The van der Waals surface area contributed by atoms with Gasteiger partial charge in [-0.1, -0.05) is 202 Å². The Kier molecular flexibility index (Phi) is 46.8. The van der Waals surface area contributed by atoms with Crippen LogP contribution in [0.4, 0.5) is 0 Å². The van der Waals surface area contributed by atoms with Crippen LogP contribution in [0.15, 0.2) is 85.1 Å². The van der Waals surface area contributed by atoms with Crippen molar-refractivity contribution in [1.29, 1.82) is 0 Å². The van der Waals surface area contributed by atoms with Crippen LogP contribution in [0, 0.1) is 0 Å². The number of phosphoric acid groups is 1. The number of likely N-dealkylation sites (N-methyl/N-ethyl adjacent to an activating group) is 1. The summed E-state index contributed by atoms with van der Waals surface area (Å²) in [4.78, 5) is 37.5. The van der Waals surface area contributed by atoms with Gasteiger partial charge < -0.3 is 19.4 Å². The van der Waals surface area contributed by atoms with Crippen molar-refractivity contribution in [3.63, 3.8) is 0 Å². The molecule has 0 saturated heterocycles. The Morgan fingerprint density at radius 3 is 1.45 bits per heavy atom. The summed E-state index contributed by atoms with van der Waals surface area (Å²) < 4.78 is 30.5. The van der Waals surface area contributed by atoms with Gasteiger partial charge in [-0.3, -0.25) is 18.6 Å². The number of unbranched alkanes of at least 4 members (excludes halogenated alkanes) is 21. The second-order valence-electron chi connectivity index (χ2n) is 19.7. The van der Waals surface area contributed by atoms with E-state index in [4.69, 9.17) is 13.8 Å². The minimum absolute atomic E-state index is 0.0311. The summed E-state index contributed by atoms with van der Waals surface area (Å²) in [5.41, 5.74) is 0. The highest BCUT2D eigenvalue weighted by Gasteiger charge is 2.30. The van der Waals surface area contributed by atoms with Crippen LogP contribution < -0.4 is 5.32 Å². The number of hydrogen-bond donors (Lipinski definition) is 2. The van der Waals surface area contributed by atoms with E-state index in [1.807, 2.05) is 33.3 Å². The topological polar surface area (TPSA) is 111 Å². The highest BCUT2D eigenvalue weighted by molar-refractivity contribution is 7.47. The van der Waals surface area contributed by atoms with Crippen molar-refractivity contribution in [2.45, 2.75) is 238 Å². The maximum Gasteiger partial charge on any atom is 0.472 e. The van der Waals surface area contributed by atoms with E-state index < -0.39 is 20.0 Å². The molecule has 0 aliphatic carbocycles. The van der Waals surface area contributed by atoms with Gasteiger partial charge in [0.25, 0.3) is 0 Å². The van der Waals surface area contributed by atoms with Crippen molar-refractivity contribution in [3.05, 3.63) is 85.1 Å². The number of nitrogens with one attached hydrogen (secondary N) is 1. The van der Waals surface area contributed by atoms with Crippen molar-refractivity contribution in [2.75, 3.05) is 40.9 Å². The largest absolute Gasteiger partial charge is 0.472 e. The first-order valence-corrected chi connectivity index (χ1v) is 29.4. The van der Waals surface area contributed by atoms with Crippen LogP contribution in [-0.4, -0.2) is 74.3 Å². The Hall–Kier alpha value is -2.81. The van der Waals surface area contributed by atoms with Crippen LogP contribution in [-0.2, 0) is 27.9 Å². The molecule has 3 unspecified atom stereocenters. The molecule has 1 amide bonds. The molecule has 9 nitrogen and oxygen atoms in total. The van der Waals surface area contributed by atoms with E-state index in [0.717, 1.165) is 135 Å². The van der Waals surface area contributed by atoms with Gasteiger partial charge in [0, 0.05) is 12.8 Å². The van der Waals surface area contributed by atoms with Crippen molar-refractivity contribution in [3.8, 4) is 0 Å². The van der Waals surface area contributed by atoms with E-state index in [0.29, 0.717) is 17.4 Å². The Morgan fingerprint density at radius 1 is 0.522 bits per heavy atom. The quantitative estimate of drug-likeness (QED) is 0.0205. The maximum absolute atomic E-state index is 13.5.